The Morgan fingerprint density at radius 1 is 1.25 bits per heavy atom. The van der Waals surface area contributed by atoms with Gasteiger partial charge >= 0.3 is 5.63 Å². The number of amides is 1. The largest absolute Gasteiger partial charge is 0.365 e. The number of aromatic nitrogens is 2. The van der Waals surface area contributed by atoms with Crippen LogP contribution in [0.25, 0.3) is 22.9 Å². The maximum atomic E-state index is 12.0. The summed E-state index contributed by atoms with van der Waals surface area (Å²) in [6.07, 6.45) is 7.29. The first-order valence-corrected chi connectivity index (χ1v) is 7.43. The number of carbonyl (C=O) groups is 1. The van der Waals surface area contributed by atoms with Crippen LogP contribution in [0, 0.1) is 0 Å². The average molecular weight is 323 g/mol. The zero-order valence-electron chi connectivity index (χ0n) is 13.2. The van der Waals surface area contributed by atoms with Crippen molar-refractivity contribution in [2.24, 2.45) is 0 Å². The van der Waals surface area contributed by atoms with Crippen LogP contribution in [0.3, 0.4) is 0 Å². The fraction of sp³-hybridized carbons (Fsp3) is 0.111. The number of nitrogens with one attached hydrogen (secondary N) is 1. The fourth-order valence-corrected chi connectivity index (χ4v) is 2.35. The topological polar surface area (TPSA) is 69.2 Å². The number of hydrogen-bond donors (Lipinski definition) is 1. The van der Waals surface area contributed by atoms with Gasteiger partial charge in [0.05, 0.1) is 11.8 Å². The van der Waals surface area contributed by atoms with E-state index in [1.54, 1.807) is 12.3 Å². The van der Waals surface area contributed by atoms with Crippen LogP contribution in [-0.2, 0) is 11.5 Å². The lowest BCUT2D eigenvalue weighted by atomic mass is 10.1. The SMILES string of the molecule is C=Cc1ccn(-c2ccc(-c3cn(CNC(C)=O)oc3=O)cc2)c1. The van der Waals surface area contributed by atoms with Gasteiger partial charge in [0.1, 0.15) is 6.67 Å². The molecule has 2 aromatic heterocycles. The maximum Gasteiger partial charge on any atom is 0.365 e. The molecule has 0 radical (unpaired) electrons. The van der Waals surface area contributed by atoms with Crippen LogP contribution < -0.4 is 10.9 Å². The van der Waals surface area contributed by atoms with Crippen molar-refractivity contribution in [3.8, 4) is 16.8 Å². The van der Waals surface area contributed by atoms with E-state index in [9.17, 15) is 9.59 Å². The molecule has 0 aliphatic carbocycles. The van der Waals surface area contributed by atoms with E-state index in [1.807, 2.05) is 47.3 Å². The summed E-state index contributed by atoms with van der Waals surface area (Å²) < 4.78 is 8.36. The number of hydrogen-bond acceptors (Lipinski definition) is 3. The van der Waals surface area contributed by atoms with Crippen LogP contribution in [0.15, 0.2) is 64.8 Å². The zero-order chi connectivity index (χ0) is 17.1. The van der Waals surface area contributed by atoms with E-state index >= 15 is 0 Å². The Balaban J connectivity index is 1.84. The van der Waals surface area contributed by atoms with E-state index < -0.39 is 5.63 Å². The molecule has 0 spiro atoms. The highest BCUT2D eigenvalue weighted by Crippen LogP contribution is 2.19. The lowest BCUT2D eigenvalue weighted by Gasteiger charge is -2.03. The van der Waals surface area contributed by atoms with Gasteiger partial charge in [0.15, 0.2) is 0 Å². The van der Waals surface area contributed by atoms with Crippen LogP contribution in [0.1, 0.15) is 12.5 Å². The summed E-state index contributed by atoms with van der Waals surface area (Å²) in [4.78, 5) is 22.9. The monoisotopic (exact) mass is 323 g/mol. The quantitative estimate of drug-likeness (QED) is 0.785. The Labute approximate surface area is 138 Å². The summed E-state index contributed by atoms with van der Waals surface area (Å²) in [6, 6.07) is 9.53. The van der Waals surface area contributed by atoms with Crippen LogP contribution >= 0.6 is 0 Å². The third-order valence-electron chi connectivity index (χ3n) is 3.60. The summed E-state index contributed by atoms with van der Waals surface area (Å²) in [5, 5.41) is 2.57. The fourth-order valence-electron chi connectivity index (χ4n) is 2.35. The van der Waals surface area contributed by atoms with Gasteiger partial charge < -0.3 is 14.4 Å². The average Bonchev–Trinajstić information content (AvgIpc) is 3.19. The van der Waals surface area contributed by atoms with Crippen molar-refractivity contribution in [3.05, 3.63) is 71.5 Å². The number of benzene rings is 1. The van der Waals surface area contributed by atoms with Crippen molar-refractivity contribution in [1.82, 2.24) is 14.6 Å². The van der Waals surface area contributed by atoms with Gasteiger partial charge in [-0.25, -0.2) is 4.79 Å². The predicted molar refractivity (Wildman–Crippen MR) is 91.6 cm³/mol. The highest BCUT2D eigenvalue weighted by atomic mass is 16.5. The van der Waals surface area contributed by atoms with Crippen molar-refractivity contribution in [3.63, 3.8) is 0 Å². The molecule has 0 aliphatic heterocycles. The van der Waals surface area contributed by atoms with Gasteiger partial charge in [0.25, 0.3) is 0 Å². The molecule has 0 atom stereocenters. The Bertz CT molecular complexity index is 929. The van der Waals surface area contributed by atoms with Gasteiger partial charge in [-0.05, 0) is 29.3 Å². The molecule has 3 aromatic rings. The van der Waals surface area contributed by atoms with E-state index in [2.05, 4.69) is 11.9 Å². The molecule has 0 aliphatic rings. The van der Waals surface area contributed by atoms with Crippen LogP contribution in [0.4, 0.5) is 0 Å². The highest BCUT2D eigenvalue weighted by molar-refractivity contribution is 5.72. The molecule has 1 amide bonds. The van der Waals surface area contributed by atoms with Gasteiger partial charge in [0, 0.05) is 25.0 Å². The van der Waals surface area contributed by atoms with Crippen LogP contribution in [0.2, 0.25) is 0 Å². The van der Waals surface area contributed by atoms with Crippen molar-refractivity contribution in [1.29, 1.82) is 0 Å². The number of rotatable bonds is 5. The van der Waals surface area contributed by atoms with E-state index in [0.29, 0.717) is 5.56 Å². The molecular weight excluding hydrogens is 306 g/mol. The summed E-state index contributed by atoms with van der Waals surface area (Å²) in [5.41, 5.74) is 2.78. The smallest absolute Gasteiger partial charge is 0.336 e. The molecule has 0 saturated carbocycles. The first-order valence-electron chi connectivity index (χ1n) is 7.43. The van der Waals surface area contributed by atoms with Crippen molar-refractivity contribution in [2.75, 3.05) is 0 Å². The highest BCUT2D eigenvalue weighted by Gasteiger charge is 2.10. The molecule has 0 unspecified atom stereocenters. The third-order valence-corrected chi connectivity index (χ3v) is 3.60. The Morgan fingerprint density at radius 2 is 2.00 bits per heavy atom. The molecule has 0 fully saturated rings. The van der Waals surface area contributed by atoms with E-state index in [-0.39, 0.29) is 12.6 Å². The molecule has 0 saturated heterocycles. The van der Waals surface area contributed by atoms with Crippen molar-refractivity contribution < 1.29 is 9.32 Å². The zero-order valence-corrected chi connectivity index (χ0v) is 13.2. The predicted octanol–water partition coefficient (Wildman–Crippen LogP) is 2.64. The van der Waals surface area contributed by atoms with Crippen LogP contribution in [0.5, 0.6) is 0 Å². The second kappa shape index (κ2) is 6.45. The first-order chi connectivity index (χ1) is 11.6. The lowest BCUT2D eigenvalue weighted by Crippen LogP contribution is -2.22. The Morgan fingerprint density at radius 3 is 2.62 bits per heavy atom. The first kappa shape index (κ1) is 15.6. The van der Waals surface area contributed by atoms with Crippen molar-refractivity contribution in [2.45, 2.75) is 13.6 Å². The van der Waals surface area contributed by atoms with Gasteiger partial charge in [0.2, 0.25) is 5.91 Å². The third kappa shape index (κ3) is 3.22. The Hall–Kier alpha value is -3.28. The molecule has 122 valence electrons. The van der Waals surface area contributed by atoms with E-state index in [4.69, 9.17) is 4.52 Å². The minimum absolute atomic E-state index is 0.121. The second-order valence-corrected chi connectivity index (χ2v) is 5.33. The summed E-state index contributed by atoms with van der Waals surface area (Å²) in [7, 11) is 0. The van der Waals surface area contributed by atoms with E-state index in [0.717, 1.165) is 16.8 Å². The van der Waals surface area contributed by atoms with Gasteiger partial charge in [-0.2, -0.15) is 4.74 Å². The summed E-state index contributed by atoms with van der Waals surface area (Å²) in [6.45, 7) is 5.27. The summed E-state index contributed by atoms with van der Waals surface area (Å²) >= 11 is 0. The van der Waals surface area contributed by atoms with Crippen LogP contribution in [-0.4, -0.2) is 15.2 Å². The van der Waals surface area contributed by atoms with Gasteiger partial charge in [-0.15, -0.1) is 0 Å². The number of carbonyl (C=O) groups excluding carboxylic acids is 1. The molecule has 6 heteroatoms. The maximum absolute atomic E-state index is 12.0. The Kier molecular flexibility index (Phi) is 4.20. The van der Waals surface area contributed by atoms with Gasteiger partial charge in [-0.1, -0.05) is 24.8 Å². The molecule has 24 heavy (non-hydrogen) atoms. The minimum Gasteiger partial charge on any atom is -0.336 e. The standard InChI is InChI=1S/C18H17N3O3/c1-3-14-8-9-20(10-14)16-6-4-15(5-7-16)17-11-21(24-18(17)23)12-19-13(2)22/h3-11H,1,12H2,2H3,(H,19,22). The second-order valence-electron chi connectivity index (χ2n) is 5.33. The molecular formula is C18H17N3O3. The van der Waals surface area contributed by atoms with Crippen molar-refractivity contribution >= 4 is 12.0 Å². The van der Waals surface area contributed by atoms with Gasteiger partial charge in [-0.3, -0.25) is 4.79 Å². The summed E-state index contributed by atoms with van der Waals surface area (Å²) in [5.74, 6) is -0.192. The molecule has 6 nitrogen and oxygen atoms in total. The molecule has 0 bridgehead atoms. The lowest BCUT2D eigenvalue weighted by molar-refractivity contribution is -0.119. The number of nitrogens with zero attached hydrogens (tertiary/aromatic N) is 2. The molecule has 2 heterocycles. The van der Waals surface area contributed by atoms with E-state index in [1.165, 1.54) is 11.7 Å². The normalized spacial score (nSPS) is 10.5. The molecule has 1 N–H and O–H groups in total. The molecule has 3 rings (SSSR count). The molecule has 1 aromatic carbocycles. The minimum atomic E-state index is -0.442.